The van der Waals surface area contributed by atoms with Crippen molar-refractivity contribution in [1.82, 2.24) is 5.32 Å². The minimum Gasteiger partial charge on any atom is -0.309 e. The Morgan fingerprint density at radius 1 is 1.05 bits per heavy atom. The highest BCUT2D eigenvalue weighted by atomic mass is 32.1. The van der Waals surface area contributed by atoms with Gasteiger partial charge in [0.25, 0.3) is 0 Å². The molecule has 2 heteroatoms. The van der Waals surface area contributed by atoms with Crippen LogP contribution in [0.3, 0.4) is 0 Å². The van der Waals surface area contributed by atoms with Crippen LogP contribution < -0.4 is 5.32 Å². The van der Waals surface area contributed by atoms with Crippen LogP contribution in [0, 0.1) is 5.92 Å². The van der Waals surface area contributed by atoms with E-state index in [2.05, 4.69) is 53.2 Å². The van der Waals surface area contributed by atoms with E-state index in [4.69, 9.17) is 0 Å². The lowest BCUT2D eigenvalue weighted by Crippen LogP contribution is -2.28. The standard InChI is InChI=1S/C18H23NS/c1-2-7-15(8-3-1)12-13-19-18(16-9-4-5-10-16)17-11-6-14-20-17/h1-3,6-8,11,14,16,18-19H,4-5,9-10,12-13H2. The molecule has 106 valence electrons. The lowest BCUT2D eigenvalue weighted by molar-refractivity contribution is 0.374. The molecule has 1 saturated carbocycles. The van der Waals surface area contributed by atoms with Gasteiger partial charge in [0, 0.05) is 10.9 Å². The number of hydrogen-bond acceptors (Lipinski definition) is 2. The Morgan fingerprint density at radius 3 is 2.55 bits per heavy atom. The SMILES string of the molecule is c1ccc(CCNC(c2cccs2)C2CCCC2)cc1. The lowest BCUT2D eigenvalue weighted by atomic mass is 9.96. The molecule has 0 aliphatic heterocycles. The van der Waals surface area contributed by atoms with Crippen LogP contribution in [0.15, 0.2) is 47.8 Å². The minimum absolute atomic E-state index is 0.571. The zero-order valence-electron chi connectivity index (χ0n) is 11.9. The highest BCUT2D eigenvalue weighted by Gasteiger charge is 2.26. The molecule has 0 spiro atoms. The van der Waals surface area contributed by atoms with Crippen molar-refractivity contribution in [2.45, 2.75) is 38.1 Å². The topological polar surface area (TPSA) is 12.0 Å². The fourth-order valence-corrected chi connectivity index (χ4v) is 4.17. The summed E-state index contributed by atoms with van der Waals surface area (Å²) >= 11 is 1.90. The molecule has 1 nitrogen and oxygen atoms in total. The number of rotatable bonds is 6. The van der Waals surface area contributed by atoms with Crippen LogP contribution >= 0.6 is 11.3 Å². The molecule has 1 heterocycles. The summed E-state index contributed by atoms with van der Waals surface area (Å²) < 4.78 is 0. The largest absolute Gasteiger partial charge is 0.309 e. The van der Waals surface area contributed by atoms with Crippen molar-refractivity contribution in [1.29, 1.82) is 0 Å². The Bertz CT molecular complexity index is 485. The number of nitrogens with one attached hydrogen (secondary N) is 1. The van der Waals surface area contributed by atoms with Crippen molar-refractivity contribution >= 4 is 11.3 Å². The quantitative estimate of drug-likeness (QED) is 0.803. The molecule has 0 amide bonds. The Balaban J connectivity index is 1.59. The third-order valence-electron chi connectivity index (χ3n) is 4.34. The Hall–Kier alpha value is -1.12. The summed E-state index contributed by atoms with van der Waals surface area (Å²) in [5.74, 6) is 0.837. The molecule has 2 aromatic rings. The first-order valence-corrected chi connectivity index (χ1v) is 8.62. The van der Waals surface area contributed by atoms with Crippen molar-refractivity contribution in [2.75, 3.05) is 6.54 Å². The predicted octanol–water partition coefficient (Wildman–Crippen LogP) is 4.81. The summed E-state index contributed by atoms with van der Waals surface area (Å²) in [6, 6.07) is 15.8. The van der Waals surface area contributed by atoms with E-state index in [1.807, 2.05) is 11.3 Å². The Morgan fingerprint density at radius 2 is 1.85 bits per heavy atom. The van der Waals surface area contributed by atoms with Gasteiger partial charge in [-0.15, -0.1) is 11.3 Å². The van der Waals surface area contributed by atoms with Crippen molar-refractivity contribution in [2.24, 2.45) is 5.92 Å². The molecule has 1 aliphatic rings. The minimum atomic E-state index is 0.571. The third-order valence-corrected chi connectivity index (χ3v) is 5.30. The van der Waals surface area contributed by atoms with Crippen LogP contribution in [0.4, 0.5) is 0 Å². The van der Waals surface area contributed by atoms with Crippen LogP contribution in [0.1, 0.15) is 42.2 Å². The average molecular weight is 285 g/mol. The fraction of sp³-hybridized carbons (Fsp3) is 0.444. The van der Waals surface area contributed by atoms with Crippen LogP contribution in [-0.4, -0.2) is 6.54 Å². The fourth-order valence-electron chi connectivity index (χ4n) is 3.28. The normalized spacial score (nSPS) is 17.4. The summed E-state index contributed by atoms with van der Waals surface area (Å²) in [5, 5.41) is 6.03. The van der Waals surface area contributed by atoms with Gasteiger partial charge < -0.3 is 5.32 Å². The molecule has 0 radical (unpaired) electrons. The number of benzene rings is 1. The molecule has 1 unspecified atom stereocenters. The van der Waals surface area contributed by atoms with Gasteiger partial charge in [0.1, 0.15) is 0 Å². The van der Waals surface area contributed by atoms with E-state index < -0.39 is 0 Å². The molecular formula is C18H23NS. The molecular weight excluding hydrogens is 262 g/mol. The third kappa shape index (κ3) is 3.50. The maximum absolute atomic E-state index is 3.82. The van der Waals surface area contributed by atoms with Gasteiger partial charge in [0.15, 0.2) is 0 Å². The molecule has 1 aromatic carbocycles. The average Bonchev–Trinajstić information content (AvgIpc) is 3.18. The van der Waals surface area contributed by atoms with Gasteiger partial charge in [0.05, 0.1) is 0 Å². The van der Waals surface area contributed by atoms with E-state index >= 15 is 0 Å². The van der Waals surface area contributed by atoms with Gasteiger partial charge in [-0.25, -0.2) is 0 Å². The molecule has 1 N–H and O–H groups in total. The second-order valence-corrected chi connectivity index (χ2v) is 6.71. The highest BCUT2D eigenvalue weighted by molar-refractivity contribution is 7.10. The summed E-state index contributed by atoms with van der Waals surface area (Å²) in [6.07, 6.45) is 6.72. The first kappa shape index (κ1) is 13.8. The number of thiophene rings is 1. The maximum Gasteiger partial charge on any atom is 0.0443 e. The molecule has 0 saturated heterocycles. The maximum atomic E-state index is 3.82. The van der Waals surface area contributed by atoms with Crippen LogP contribution in [0.2, 0.25) is 0 Å². The van der Waals surface area contributed by atoms with E-state index in [1.54, 1.807) is 0 Å². The molecule has 1 aromatic heterocycles. The second kappa shape index (κ2) is 7.05. The van der Waals surface area contributed by atoms with Gasteiger partial charge in [-0.3, -0.25) is 0 Å². The first-order chi connectivity index (χ1) is 9.93. The van der Waals surface area contributed by atoms with Crippen LogP contribution in [-0.2, 0) is 6.42 Å². The van der Waals surface area contributed by atoms with E-state index in [0.717, 1.165) is 18.9 Å². The molecule has 0 bridgehead atoms. The van der Waals surface area contributed by atoms with Gasteiger partial charge in [-0.1, -0.05) is 49.2 Å². The van der Waals surface area contributed by atoms with Crippen LogP contribution in [0.5, 0.6) is 0 Å². The van der Waals surface area contributed by atoms with E-state index in [9.17, 15) is 0 Å². The van der Waals surface area contributed by atoms with Gasteiger partial charge in [-0.05, 0) is 48.7 Å². The van der Waals surface area contributed by atoms with E-state index in [0.29, 0.717) is 6.04 Å². The van der Waals surface area contributed by atoms with Crippen molar-refractivity contribution < 1.29 is 0 Å². The summed E-state index contributed by atoms with van der Waals surface area (Å²) in [7, 11) is 0. The summed E-state index contributed by atoms with van der Waals surface area (Å²) in [4.78, 5) is 1.52. The smallest absolute Gasteiger partial charge is 0.0443 e. The molecule has 20 heavy (non-hydrogen) atoms. The Labute approximate surface area is 126 Å². The molecule has 1 aliphatic carbocycles. The highest BCUT2D eigenvalue weighted by Crippen LogP contribution is 2.37. The molecule has 1 atom stereocenters. The monoisotopic (exact) mass is 285 g/mol. The zero-order valence-corrected chi connectivity index (χ0v) is 12.7. The molecule has 1 fully saturated rings. The van der Waals surface area contributed by atoms with E-state index in [-0.39, 0.29) is 0 Å². The summed E-state index contributed by atoms with van der Waals surface area (Å²) in [5.41, 5.74) is 1.43. The van der Waals surface area contributed by atoms with Crippen molar-refractivity contribution in [3.63, 3.8) is 0 Å². The van der Waals surface area contributed by atoms with Crippen molar-refractivity contribution in [3.8, 4) is 0 Å². The van der Waals surface area contributed by atoms with E-state index in [1.165, 1.54) is 36.1 Å². The van der Waals surface area contributed by atoms with Gasteiger partial charge >= 0.3 is 0 Å². The first-order valence-electron chi connectivity index (χ1n) is 7.74. The summed E-state index contributed by atoms with van der Waals surface area (Å²) in [6.45, 7) is 1.07. The number of hydrogen-bond donors (Lipinski definition) is 1. The Kier molecular flexibility index (Phi) is 4.88. The molecule has 3 rings (SSSR count). The lowest BCUT2D eigenvalue weighted by Gasteiger charge is -2.24. The van der Waals surface area contributed by atoms with Gasteiger partial charge in [0.2, 0.25) is 0 Å². The van der Waals surface area contributed by atoms with Crippen molar-refractivity contribution in [3.05, 3.63) is 58.3 Å². The van der Waals surface area contributed by atoms with Crippen LogP contribution in [0.25, 0.3) is 0 Å². The predicted molar refractivity (Wildman–Crippen MR) is 87.2 cm³/mol. The second-order valence-electron chi connectivity index (χ2n) is 5.73. The van der Waals surface area contributed by atoms with Gasteiger partial charge in [-0.2, -0.15) is 0 Å². The zero-order chi connectivity index (χ0) is 13.6.